The molecular weight excluding hydrogens is 212 g/mol. The Morgan fingerprint density at radius 3 is 2.59 bits per heavy atom. The first-order valence-electron chi connectivity index (χ1n) is 7.11. The standard InChI is InChI=1S/C14H28N2O/c1-5-10(3)16-14(17)9-15-13-8-7-12(6-2)11(13)4/h10-13,15H,5-9H2,1-4H3,(H,16,17). The molecule has 4 atom stereocenters. The zero-order valence-corrected chi connectivity index (χ0v) is 11.8. The minimum Gasteiger partial charge on any atom is -0.353 e. The summed E-state index contributed by atoms with van der Waals surface area (Å²) in [5.74, 6) is 1.67. The molecule has 3 nitrogen and oxygen atoms in total. The first kappa shape index (κ1) is 14.5. The zero-order valence-electron chi connectivity index (χ0n) is 11.8. The third-order valence-electron chi connectivity index (χ3n) is 4.30. The average Bonchev–Trinajstić information content (AvgIpc) is 2.67. The predicted molar refractivity (Wildman–Crippen MR) is 71.9 cm³/mol. The molecule has 1 amide bonds. The number of hydrogen-bond acceptors (Lipinski definition) is 2. The Hall–Kier alpha value is -0.570. The molecule has 0 aliphatic heterocycles. The number of amides is 1. The number of rotatable bonds is 6. The van der Waals surface area contributed by atoms with Crippen LogP contribution in [0.3, 0.4) is 0 Å². The van der Waals surface area contributed by atoms with E-state index in [-0.39, 0.29) is 11.9 Å². The van der Waals surface area contributed by atoms with Gasteiger partial charge in [-0.2, -0.15) is 0 Å². The van der Waals surface area contributed by atoms with Gasteiger partial charge in [-0.1, -0.05) is 27.2 Å². The summed E-state index contributed by atoms with van der Waals surface area (Å²) in [6.07, 6.45) is 4.78. The van der Waals surface area contributed by atoms with E-state index >= 15 is 0 Å². The highest BCUT2D eigenvalue weighted by atomic mass is 16.1. The van der Waals surface area contributed by atoms with Gasteiger partial charge in [0.1, 0.15) is 0 Å². The molecule has 17 heavy (non-hydrogen) atoms. The van der Waals surface area contributed by atoms with E-state index in [1.165, 1.54) is 19.3 Å². The van der Waals surface area contributed by atoms with Crippen LogP contribution >= 0.6 is 0 Å². The number of hydrogen-bond donors (Lipinski definition) is 2. The van der Waals surface area contributed by atoms with Gasteiger partial charge in [0.15, 0.2) is 0 Å². The van der Waals surface area contributed by atoms with Gasteiger partial charge in [-0.25, -0.2) is 0 Å². The molecule has 0 aromatic heterocycles. The van der Waals surface area contributed by atoms with E-state index in [1.807, 2.05) is 6.92 Å². The molecule has 100 valence electrons. The van der Waals surface area contributed by atoms with Gasteiger partial charge in [-0.05, 0) is 38.0 Å². The lowest BCUT2D eigenvalue weighted by Crippen LogP contribution is -2.43. The molecule has 0 radical (unpaired) electrons. The summed E-state index contributed by atoms with van der Waals surface area (Å²) in [7, 11) is 0. The zero-order chi connectivity index (χ0) is 12.8. The van der Waals surface area contributed by atoms with Crippen molar-refractivity contribution in [3.8, 4) is 0 Å². The second kappa shape index (κ2) is 7.00. The molecule has 1 aliphatic carbocycles. The van der Waals surface area contributed by atoms with Gasteiger partial charge in [0.2, 0.25) is 5.91 Å². The quantitative estimate of drug-likeness (QED) is 0.748. The molecule has 0 aromatic carbocycles. The smallest absolute Gasteiger partial charge is 0.234 e. The van der Waals surface area contributed by atoms with Crippen LogP contribution < -0.4 is 10.6 Å². The Labute approximate surface area is 106 Å². The molecule has 0 saturated heterocycles. The first-order valence-corrected chi connectivity index (χ1v) is 7.11. The second-order valence-corrected chi connectivity index (χ2v) is 5.47. The van der Waals surface area contributed by atoms with Crippen LogP contribution in [-0.2, 0) is 4.79 Å². The highest BCUT2D eigenvalue weighted by molar-refractivity contribution is 5.78. The molecule has 0 aromatic rings. The molecule has 1 saturated carbocycles. The van der Waals surface area contributed by atoms with Gasteiger partial charge in [-0.15, -0.1) is 0 Å². The summed E-state index contributed by atoms with van der Waals surface area (Å²) in [5, 5.41) is 6.40. The Balaban J connectivity index is 2.25. The first-order chi connectivity index (χ1) is 8.08. The maximum absolute atomic E-state index is 11.7. The predicted octanol–water partition coefficient (Wildman–Crippen LogP) is 2.32. The van der Waals surface area contributed by atoms with Crippen molar-refractivity contribution in [2.24, 2.45) is 11.8 Å². The minimum atomic E-state index is 0.131. The maximum Gasteiger partial charge on any atom is 0.234 e. The van der Waals surface area contributed by atoms with Crippen LogP contribution in [0.15, 0.2) is 0 Å². The average molecular weight is 240 g/mol. The van der Waals surface area contributed by atoms with Gasteiger partial charge in [0.25, 0.3) is 0 Å². The minimum absolute atomic E-state index is 0.131. The summed E-state index contributed by atoms with van der Waals surface area (Å²) >= 11 is 0. The number of carbonyl (C=O) groups is 1. The monoisotopic (exact) mass is 240 g/mol. The van der Waals surface area contributed by atoms with Gasteiger partial charge in [-0.3, -0.25) is 4.79 Å². The molecule has 1 rings (SSSR count). The van der Waals surface area contributed by atoms with Crippen LogP contribution in [0, 0.1) is 11.8 Å². The Morgan fingerprint density at radius 1 is 1.35 bits per heavy atom. The van der Waals surface area contributed by atoms with Crippen molar-refractivity contribution in [1.82, 2.24) is 10.6 Å². The van der Waals surface area contributed by atoms with Crippen LogP contribution in [0.1, 0.15) is 53.4 Å². The summed E-state index contributed by atoms with van der Waals surface area (Å²) < 4.78 is 0. The fourth-order valence-electron chi connectivity index (χ4n) is 2.76. The van der Waals surface area contributed by atoms with Gasteiger partial charge in [0.05, 0.1) is 6.54 Å². The normalized spacial score (nSPS) is 30.2. The molecular formula is C14H28N2O. The van der Waals surface area contributed by atoms with Crippen molar-refractivity contribution in [3.05, 3.63) is 0 Å². The molecule has 1 fully saturated rings. The van der Waals surface area contributed by atoms with Crippen molar-refractivity contribution >= 4 is 5.91 Å². The van der Waals surface area contributed by atoms with Crippen molar-refractivity contribution in [1.29, 1.82) is 0 Å². The molecule has 0 spiro atoms. The molecule has 0 bridgehead atoms. The Kier molecular flexibility index (Phi) is 5.96. The summed E-state index contributed by atoms with van der Waals surface area (Å²) in [6, 6.07) is 0.816. The number of nitrogens with one attached hydrogen (secondary N) is 2. The largest absolute Gasteiger partial charge is 0.353 e. The van der Waals surface area contributed by atoms with E-state index < -0.39 is 0 Å². The van der Waals surface area contributed by atoms with Crippen LogP contribution in [-0.4, -0.2) is 24.5 Å². The van der Waals surface area contributed by atoms with Gasteiger partial charge >= 0.3 is 0 Å². The van der Waals surface area contributed by atoms with Crippen LogP contribution in [0.5, 0.6) is 0 Å². The summed E-state index contributed by atoms with van der Waals surface area (Å²) in [6.45, 7) is 9.17. The highest BCUT2D eigenvalue weighted by Gasteiger charge is 2.31. The SMILES string of the molecule is CCC(C)NC(=O)CNC1CCC(CC)C1C. The lowest BCUT2D eigenvalue weighted by atomic mass is 9.93. The van der Waals surface area contributed by atoms with Crippen molar-refractivity contribution in [3.63, 3.8) is 0 Å². The van der Waals surface area contributed by atoms with E-state index in [0.717, 1.165) is 12.3 Å². The molecule has 2 N–H and O–H groups in total. The Bertz CT molecular complexity index is 242. The number of carbonyl (C=O) groups excluding carboxylic acids is 1. The third-order valence-corrected chi connectivity index (χ3v) is 4.30. The van der Waals surface area contributed by atoms with Gasteiger partial charge < -0.3 is 10.6 Å². The van der Waals surface area contributed by atoms with E-state index in [0.29, 0.717) is 18.5 Å². The fraction of sp³-hybridized carbons (Fsp3) is 0.929. The topological polar surface area (TPSA) is 41.1 Å². The van der Waals surface area contributed by atoms with Crippen LogP contribution in [0.4, 0.5) is 0 Å². The van der Waals surface area contributed by atoms with E-state index in [4.69, 9.17) is 0 Å². The third kappa shape index (κ3) is 4.30. The van der Waals surface area contributed by atoms with E-state index in [2.05, 4.69) is 31.4 Å². The Morgan fingerprint density at radius 2 is 2.06 bits per heavy atom. The summed E-state index contributed by atoms with van der Waals surface area (Å²) in [5.41, 5.74) is 0. The van der Waals surface area contributed by atoms with Crippen LogP contribution in [0.25, 0.3) is 0 Å². The fourth-order valence-corrected chi connectivity index (χ4v) is 2.76. The highest BCUT2D eigenvalue weighted by Crippen LogP contribution is 2.33. The van der Waals surface area contributed by atoms with Gasteiger partial charge in [0, 0.05) is 12.1 Å². The lowest BCUT2D eigenvalue weighted by Gasteiger charge is -2.21. The van der Waals surface area contributed by atoms with E-state index in [1.54, 1.807) is 0 Å². The van der Waals surface area contributed by atoms with Crippen molar-refractivity contribution in [2.45, 2.75) is 65.5 Å². The molecule has 4 unspecified atom stereocenters. The van der Waals surface area contributed by atoms with Crippen molar-refractivity contribution < 1.29 is 4.79 Å². The lowest BCUT2D eigenvalue weighted by molar-refractivity contribution is -0.121. The van der Waals surface area contributed by atoms with E-state index in [9.17, 15) is 4.79 Å². The maximum atomic E-state index is 11.7. The van der Waals surface area contributed by atoms with Crippen LogP contribution in [0.2, 0.25) is 0 Å². The molecule has 0 heterocycles. The summed E-state index contributed by atoms with van der Waals surface area (Å²) in [4.78, 5) is 11.7. The molecule has 3 heteroatoms. The van der Waals surface area contributed by atoms with Crippen molar-refractivity contribution in [2.75, 3.05) is 6.54 Å². The second-order valence-electron chi connectivity index (χ2n) is 5.47. The molecule has 1 aliphatic rings.